The average molecular weight is 238 g/mol. The number of carbonyl (C=O) groups excluding carboxylic acids is 1. The molecular formula is C7H3B2N3NaO4. The molecule has 1 atom stereocenters. The third-order valence-corrected chi connectivity index (χ3v) is 2.10. The SMILES string of the molecule is O=C([O-])c1cnc(N=C2OB2C2[B]O2)cn1.[Na+]. The van der Waals surface area contributed by atoms with Gasteiger partial charge in [0.05, 0.1) is 24.3 Å². The molecule has 2 aliphatic heterocycles. The second kappa shape index (κ2) is 4.77. The number of aliphatic imine (C=N–C) groups is 1. The van der Waals surface area contributed by atoms with E-state index in [0.29, 0.717) is 11.6 Å². The van der Waals surface area contributed by atoms with E-state index in [9.17, 15) is 9.90 Å². The third-order valence-electron chi connectivity index (χ3n) is 2.10. The molecule has 0 saturated carbocycles. The number of aromatic carboxylic acids is 1. The summed E-state index contributed by atoms with van der Waals surface area (Å²) < 4.78 is 10.0. The van der Waals surface area contributed by atoms with Gasteiger partial charge in [-0.2, -0.15) is 0 Å². The number of nitrogens with zero attached hydrogens (tertiary/aromatic N) is 3. The van der Waals surface area contributed by atoms with Gasteiger partial charge in [-0.15, -0.1) is 0 Å². The Balaban J connectivity index is 0.00000108. The first-order valence-corrected chi connectivity index (χ1v) is 4.51. The van der Waals surface area contributed by atoms with E-state index in [1.807, 2.05) is 0 Å². The molecule has 1 radical (unpaired) electrons. The summed E-state index contributed by atoms with van der Waals surface area (Å²) in [6.07, 6.45) is 2.33. The maximum atomic E-state index is 10.4. The fourth-order valence-electron chi connectivity index (χ4n) is 1.18. The third kappa shape index (κ3) is 2.86. The van der Waals surface area contributed by atoms with Gasteiger partial charge in [-0.05, 0) is 0 Å². The Bertz CT molecular complexity index is 479. The minimum absolute atomic E-state index is 0. The molecule has 10 heteroatoms. The van der Waals surface area contributed by atoms with Crippen molar-refractivity contribution >= 4 is 32.0 Å². The summed E-state index contributed by atoms with van der Waals surface area (Å²) in [6, 6.07) is 0. The molecule has 2 saturated heterocycles. The number of carbonyl (C=O) groups is 1. The molecule has 0 amide bonds. The van der Waals surface area contributed by atoms with Crippen molar-refractivity contribution in [2.24, 2.45) is 4.99 Å². The summed E-state index contributed by atoms with van der Waals surface area (Å²) in [5.41, 5.74) is -0.226. The number of hydrogen-bond donors (Lipinski definition) is 0. The topological polar surface area (TPSA) is 103 Å². The zero-order chi connectivity index (χ0) is 11.1. The molecule has 0 aliphatic carbocycles. The Morgan fingerprint density at radius 1 is 1.53 bits per heavy atom. The van der Waals surface area contributed by atoms with Crippen molar-refractivity contribution in [3.8, 4) is 0 Å². The molecule has 3 rings (SSSR count). The molecule has 0 N–H and O–H groups in total. The van der Waals surface area contributed by atoms with Crippen LogP contribution in [0.25, 0.3) is 0 Å². The molecule has 0 spiro atoms. The summed E-state index contributed by atoms with van der Waals surface area (Å²) in [5, 5.41) is 10.4. The summed E-state index contributed by atoms with van der Waals surface area (Å²) in [4.78, 5) is 21.8. The van der Waals surface area contributed by atoms with Gasteiger partial charge in [-0.25, -0.2) is 15.0 Å². The molecule has 1 aromatic heterocycles. The van der Waals surface area contributed by atoms with Crippen LogP contribution in [0, 0.1) is 0 Å². The molecule has 2 fully saturated rings. The molecular weight excluding hydrogens is 235 g/mol. The zero-order valence-electron chi connectivity index (χ0n) is 8.86. The van der Waals surface area contributed by atoms with Crippen LogP contribution in [0.2, 0.25) is 0 Å². The van der Waals surface area contributed by atoms with Crippen molar-refractivity contribution in [1.82, 2.24) is 9.97 Å². The van der Waals surface area contributed by atoms with Crippen LogP contribution in [0.5, 0.6) is 0 Å². The van der Waals surface area contributed by atoms with Crippen LogP contribution < -0.4 is 34.7 Å². The maximum absolute atomic E-state index is 10.4. The van der Waals surface area contributed by atoms with Gasteiger partial charge in [0, 0.05) is 0 Å². The second-order valence-corrected chi connectivity index (χ2v) is 3.27. The maximum Gasteiger partial charge on any atom is 1.00 e. The quantitative estimate of drug-likeness (QED) is 0.385. The van der Waals surface area contributed by atoms with Gasteiger partial charge in [0.1, 0.15) is 5.69 Å². The fourth-order valence-corrected chi connectivity index (χ4v) is 1.18. The van der Waals surface area contributed by atoms with Crippen LogP contribution in [0.4, 0.5) is 5.82 Å². The van der Waals surface area contributed by atoms with E-state index in [4.69, 9.17) is 9.31 Å². The first kappa shape index (κ1) is 12.6. The molecule has 1 unspecified atom stereocenters. The monoisotopic (exact) mass is 238 g/mol. The van der Waals surface area contributed by atoms with Crippen molar-refractivity contribution in [2.75, 3.05) is 0 Å². The van der Waals surface area contributed by atoms with E-state index in [2.05, 4.69) is 15.0 Å². The van der Waals surface area contributed by atoms with Crippen LogP contribution in [0.15, 0.2) is 17.4 Å². The molecule has 17 heavy (non-hydrogen) atoms. The Hall–Kier alpha value is -0.890. The Kier molecular flexibility index (Phi) is 3.53. The van der Waals surface area contributed by atoms with Gasteiger partial charge in [0.25, 0.3) is 0 Å². The van der Waals surface area contributed by atoms with Crippen LogP contribution in [0.1, 0.15) is 10.5 Å². The Morgan fingerprint density at radius 3 is 2.82 bits per heavy atom. The fraction of sp³-hybridized carbons (Fsp3) is 0.143. The van der Waals surface area contributed by atoms with Crippen molar-refractivity contribution in [1.29, 1.82) is 0 Å². The van der Waals surface area contributed by atoms with E-state index in [0.717, 1.165) is 6.20 Å². The van der Waals surface area contributed by atoms with Gasteiger partial charge in [0.2, 0.25) is 0 Å². The van der Waals surface area contributed by atoms with Crippen molar-refractivity contribution < 1.29 is 48.8 Å². The minimum Gasteiger partial charge on any atom is -0.544 e. The summed E-state index contributed by atoms with van der Waals surface area (Å²) in [5.74, 6) is -0.556. The van der Waals surface area contributed by atoms with Crippen molar-refractivity contribution in [2.45, 2.75) is 5.90 Å². The van der Waals surface area contributed by atoms with Gasteiger partial charge >= 0.3 is 44.0 Å². The molecule has 0 bridgehead atoms. The van der Waals surface area contributed by atoms with Gasteiger partial charge < -0.3 is 19.2 Å². The molecule has 3 heterocycles. The predicted molar refractivity (Wildman–Crippen MR) is 50.9 cm³/mol. The zero-order valence-corrected chi connectivity index (χ0v) is 10.9. The van der Waals surface area contributed by atoms with Crippen LogP contribution in [-0.4, -0.2) is 42.0 Å². The van der Waals surface area contributed by atoms with Crippen LogP contribution in [0.3, 0.4) is 0 Å². The first-order valence-electron chi connectivity index (χ1n) is 4.51. The number of carboxylic acids is 1. The first-order chi connectivity index (χ1) is 7.74. The molecule has 7 nitrogen and oxygen atoms in total. The molecule has 1 aromatic rings. The Labute approximate surface area is 119 Å². The van der Waals surface area contributed by atoms with Crippen molar-refractivity contribution in [3.63, 3.8) is 0 Å². The summed E-state index contributed by atoms with van der Waals surface area (Å²) in [6.45, 7) is -0.123. The van der Waals surface area contributed by atoms with E-state index in [-0.39, 0.29) is 48.1 Å². The number of carboxylic acid groups (broad SMARTS) is 1. The molecule has 2 aliphatic rings. The summed E-state index contributed by atoms with van der Waals surface area (Å²) >= 11 is 0. The van der Waals surface area contributed by atoms with Gasteiger partial charge in [0.15, 0.2) is 11.6 Å². The van der Waals surface area contributed by atoms with Crippen LogP contribution >= 0.6 is 0 Å². The van der Waals surface area contributed by atoms with E-state index < -0.39 is 5.97 Å². The number of hydrogen-bond acceptors (Lipinski definition) is 7. The van der Waals surface area contributed by atoms with Gasteiger partial charge in [-0.3, -0.25) is 0 Å². The molecule has 77 valence electrons. The largest absolute Gasteiger partial charge is 1.00 e. The normalized spacial score (nSPS) is 22.2. The smallest absolute Gasteiger partial charge is 0.544 e. The standard InChI is InChI=1S/C7H4B2N3O4.Na/c13-5(14)3-1-11-4(2-10-3)12-7-9(16-7)6-8-15-6;/h1-2,6H,(H,13,14);/q;+1/p-1. The van der Waals surface area contributed by atoms with Crippen LogP contribution in [-0.2, 0) is 9.31 Å². The number of rotatable bonds is 3. The summed E-state index contributed by atoms with van der Waals surface area (Å²) in [7, 11) is 1.65. The number of aromatic nitrogens is 2. The van der Waals surface area contributed by atoms with Crippen molar-refractivity contribution in [3.05, 3.63) is 18.1 Å². The average Bonchev–Trinajstić information content (AvgIpc) is 3.12. The van der Waals surface area contributed by atoms with Gasteiger partial charge in [-0.1, -0.05) is 0 Å². The predicted octanol–water partition coefficient (Wildman–Crippen LogP) is -5.05. The minimum atomic E-state index is -1.37. The van der Waals surface area contributed by atoms with E-state index >= 15 is 0 Å². The molecule has 0 aromatic carbocycles. The second-order valence-electron chi connectivity index (χ2n) is 3.27. The van der Waals surface area contributed by atoms with E-state index in [1.54, 1.807) is 7.48 Å². The van der Waals surface area contributed by atoms with E-state index in [1.165, 1.54) is 6.20 Å². The Morgan fingerprint density at radius 2 is 2.29 bits per heavy atom.